The average molecular weight is 242 g/mol. The van der Waals surface area contributed by atoms with E-state index in [1.54, 1.807) is 0 Å². The first kappa shape index (κ1) is 10.4. The Hall–Kier alpha value is -1.77. The summed E-state index contributed by atoms with van der Waals surface area (Å²) in [4.78, 5) is 11.1. The molecule has 0 spiro atoms. The molecule has 3 rings (SSSR count). The highest BCUT2D eigenvalue weighted by molar-refractivity contribution is 5.79. The molecular weight excluding hydrogens is 234 g/mol. The molecule has 2 aliphatic carbocycles. The van der Waals surface area contributed by atoms with Crippen molar-refractivity contribution >= 4 is 5.97 Å². The summed E-state index contributed by atoms with van der Waals surface area (Å²) >= 11 is 0. The van der Waals surface area contributed by atoms with Crippen molar-refractivity contribution in [3.63, 3.8) is 0 Å². The third-order valence-corrected chi connectivity index (χ3v) is 3.35. The fraction of sp³-hybridized carbons (Fsp3) is 0.545. The smallest absolute Gasteiger partial charge is 0.481 e. The lowest BCUT2D eigenvalue weighted by Gasteiger charge is -2.19. The molecule has 1 N–H and O–H groups in total. The molecule has 0 aromatic carbocycles. The molecule has 0 amide bonds. The molecule has 1 fully saturated rings. The van der Waals surface area contributed by atoms with Crippen molar-refractivity contribution in [2.75, 3.05) is 0 Å². The van der Waals surface area contributed by atoms with Gasteiger partial charge in [0.1, 0.15) is 0 Å². The molecule has 1 unspecified atom stereocenters. The van der Waals surface area contributed by atoms with Crippen LogP contribution in [0.15, 0.2) is 11.5 Å². The van der Waals surface area contributed by atoms with Gasteiger partial charge in [-0.1, -0.05) is 5.92 Å². The van der Waals surface area contributed by atoms with E-state index in [0.717, 1.165) is 0 Å². The highest BCUT2D eigenvalue weighted by atomic mass is 19.3. The van der Waals surface area contributed by atoms with Gasteiger partial charge in [-0.2, -0.15) is 0 Å². The molecular formula is C11H8F2O4. The molecule has 0 radical (unpaired) electrons. The molecule has 0 aromatic rings. The highest BCUT2D eigenvalue weighted by Crippen LogP contribution is 2.55. The fourth-order valence-electron chi connectivity index (χ4n) is 2.18. The minimum Gasteiger partial charge on any atom is -0.481 e. The van der Waals surface area contributed by atoms with Gasteiger partial charge in [0.05, 0.1) is 5.41 Å². The molecule has 6 heteroatoms. The third kappa shape index (κ3) is 1.46. The Balaban J connectivity index is 1.82. The van der Waals surface area contributed by atoms with Crippen LogP contribution < -0.4 is 0 Å². The van der Waals surface area contributed by atoms with Gasteiger partial charge in [-0.15, -0.1) is 8.78 Å². The van der Waals surface area contributed by atoms with E-state index >= 15 is 0 Å². The third-order valence-electron chi connectivity index (χ3n) is 3.35. The van der Waals surface area contributed by atoms with Gasteiger partial charge in [0.25, 0.3) is 0 Å². The second-order valence-electron chi connectivity index (χ2n) is 4.41. The summed E-state index contributed by atoms with van der Waals surface area (Å²) in [5.74, 6) is 3.50. The maximum absolute atomic E-state index is 12.8. The van der Waals surface area contributed by atoms with Crippen molar-refractivity contribution in [3.05, 3.63) is 11.5 Å². The number of hydrogen-bond donors (Lipinski definition) is 1. The Labute approximate surface area is 95.2 Å². The fourth-order valence-corrected chi connectivity index (χ4v) is 2.18. The first-order chi connectivity index (χ1) is 7.93. The zero-order chi connectivity index (χ0) is 12.3. The zero-order valence-corrected chi connectivity index (χ0v) is 8.63. The van der Waals surface area contributed by atoms with Crippen LogP contribution in [-0.4, -0.2) is 17.4 Å². The number of carbonyl (C=O) groups is 1. The molecule has 0 bridgehead atoms. The summed E-state index contributed by atoms with van der Waals surface area (Å²) in [5, 5.41) is 9.10. The van der Waals surface area contributed by atoms with Crippen LogP contribution >= 0.6 is 0 Å². The van der Waals surface area contributed by atoms with Crippen LogP contribution in [0.5, 0.6) is 0 Å². The van der Waals surface area contributed by atoms with Crippen LogP contribution in [0.1, 0.15) is 19.3 Å². The predicted molar refractivity (Wildman–Crippen MR) is 49.3 cm³/mol. The maximum Gasteiger partial charge on any atom is 0.586 e. The molecule has 0 saturated heterocycles. The number of hydrogen-bond acceptors (Lipinski definition) is 3. The SMILES string of the molecule is O=C(O)C1(C2C#CC3=C(C2)OC(F)(F)O3)CC1. The van der Waals surface area contributed by atoms with Gasteiger partial charge in [0.15, 0.2) is 5.76 Å². The summed E-state index contributed by atoms with van der Waals surface area (Å²) in [6, 6.07) is 0. The first-order valence-corrected chi connectivity index (χ1v) is 5.17. The number of allylic oxidation sites excluding steroid dienone is 2. The lowest BCUT2D eigenvalue weighted by Crippen LogP contribution is -2.26. The van der Waals surface area contributed by atoms with Crippen LogP contribution in [0.25, 0.3) is 0 Å². The summed E-state index contributed by atoms with van der Waals surface area (Å²) in [6.45, 7) is 0. The number of alkyl halides is 2. The highest BCUT2D eigenvalue weighted by Gasteiger charge is 2.58. The lowest BCUT2D eigenvalue weighted by atomic mass is 9.84. The number of ether oxygens (including phenoxy) is 2. The van der Waals surface area contributed by atoms with Crippen molar-refractivity contribution in [2.24, 2.45) is 11.3 Å². The molecule has 3 aliphatic rings. The summed E-state index contributed by atoms with van der Waals surface area (Å²) < 4.78 is 34.1. The van der Waals surface area contributed by atoms with Crippen molar-refractivity contribution in [3.8, 4) is 11.8 Å². The Morgan fingerprint density at radius 2 is 2.12 bits per heavy atom. The Morgan fingerprint density at radius 1 is 1.41 bits per heavy atom. The van der Waals surface area contributed by atoms with Gasteiger partial charge in [0, 0.05) is 12.3 Å². The van der Waals surface area contributed by atoms with Gasteiger partial charge in [-0.25, -0.2) is 0 Å². The normalized spacial score (nSPS) is 30.6. The van der Waals surface area contributed by atoms with Crippen molar-refractivity contribution in [1.29, 1.82) is 0 Å². The molecule has 1 heterocycles. The largest absolute Gasteiger partial charge is 0.586 e. The quantitative estimate of drug-likeness (QED) is 0.748. The van der Waals surface area contributed by atoms with Crippen molar-refractivity contribution in [2.45, 2.75) is 25.6 Å². The predicted octanol–water partition coefficient (Wildman–Crippen LogP) is 1.68. The van der Waals surface area contributed by atoms with E-state index in [-0.39, 0.29) is 17.9 Å². The van der Waals surface area contributed by atoms with Crippen LogP contribution in [0, 0.1) is 23.2 Å². The molecule has 4 nitrogen and oxygen atoms in total. The standard InChI is InChI=1S/C11H8F2O4/c12-11(13)16-7-2-1-6(5-8(7)17-11)10(3-4-10)9(14)15/h6H,3-5H2,(H,14,15). The number of rotatable bonds is 2. The second kappa shape index (κ2) is 2.92. The Morgan fingerprint density at radius 3 is 2.71 bits per heavy atom. The van der Waals surface area contributed by atoms with E-state index in [9.17, 15) is 13.6 Å². The van der Waals surface area contributed by atoms with Crippen molar-refractivity contribution < 1.29 is 28.2 Å². The number of halogens is 2. The summed E-state index contributed by atoms with van der Waals surface area (Å²) in [5.41, 5.74) is -0.882. The minimum absolute atomic E-state index is 0.0359. The van der Waals surface area contributed by atoms with Gasteiger partial charge in [0.2, 0.25) is 5.76 Å². The molecule has 1 atom stereocenters. The van der Waals surface area contributed by atoms with E-state index in [4.69, 9.17) is 5.11 Å². The summed E-state index contributed by atoms with van der Waals surface area (Å²) in [6.07, 6.45) is -2.54. The molecule has 1 aliphatic heterocycles. The van der Waals surface area contributed by atoms with Crippen LogP contribution in [0.2, 0.25) is 0 Å². The topological polar surface area (TPSA) is 55.8 Å². The maximum atomic E-state index is 12.8. The molecule has 17 heavy (non-hydrogen) atoms. The van der Waals surface area contributed by atoms with E-state index < -0.39 is 23.6 Å². The van der Waals surface area contributed by atoms with Crippen LogP contribution in [0.3, 0.4) is 0 Å². The van der Waals surface area contributed by atoms with Gasteiger partial charge < -0.3 is 14.6 Å². The van der Waals surface area contributed by atoms with E-state index in [0.29, 0.717) is 12.8 Å². The van der Waals surface area contributed by atoms with Crippen LogP contribution in [-0.2, 0) is 14.3 Å². The average Bonchev–Trinajstić information content (AvgIpc) is 2.95. The zero-order valence-electron chi connectivity index (χ0n) is 8.63. The van der Waals surface area contributed by atoms with Gasteiger partial charge in [-0.3, -0.25) is 4.79 Å². The summed E-state index contributed by atoms with van der Waals surface area (Å²) in [7, 11) is 0. The van der Waals surface area contributed by atoms with E-state index in [2.05, 4.69) is 21.3 Å². The van der Waals surface area contributed by atoms with Crippen LogP contribution in [0.4, 0.5) is 8.78 Å². The second-order valence-corrected chi connectivity index (χ2v) is 4.41. The lowest BCUT2D eigenvalue weighted by molar-refractivity contribution is -0.336. The molecule has 90 valence electrons. The van der Waals surface area contributed by atoms with Crippen molar-refractivity contribution in [1.82, 2.24) is 0 Å². The number of carboxylic acid groups (broad SMARTS) is 1. The van der Waals surface area contributed by atoms with Gasteiger partial charge in [-0.05, 0) is 18.8 Å². The Bertz CT molecular complexity index is 493. The minimum atomic E-state index is -3.67. The Kier molecular flexibility index (Phi) is 1.78. The molecule has 0 aromatic heterocycles. The number of carboxylic acids is 1. The van der Waals surface area contributed by atoms with Gasteiger partial charge >= 0.3 is 12.3 Å². The number of aliphatic carboxylic acids is 1. The van der Waals surface area contributed by atoms with E-state index in [1.807, 2.05) is 0 Å². The van der Waals surface area contributed by atoms with E-state index in [1.165, 1.54) is 0 Å². The first-order valence-electron chi connectivity index (χ1n) is 5.17. The molecule has 1 saturated carbocycles. The monoisotopic (exact) mass is 242 g/mol.